The summed E-state index contributed by atoms with van der Waals surface area (Å²) in [6, 6.07) is 2.83. The zero-order chi connectivity index (χ0) is 12.6. The van der Waals surface area contributed by atoms with Crippen LogP contribution >= 0.6 is 34.5 Å². The van der Waals surface area contributed by atoms with Gasteiger partial charge in [0.2, 0.25) is 0 Å². The molecule has 0 aliphatic heterocycles. The number of benzene rings is 1. The van der Waals surface area contributed by atoms with Gasteiger partial charge in [-0.05, 0) is 17.5 Å². The summed E-state index contributed by atoms with van der Waals surface area (Å²) in [6.45, 7) is 0. The molecule has 0 N–H and O–H groups in total. The molecular weight excluding hydrogens is 292 g/mol. The Bertz CT molecular complexity index is 554. The Kier molecular flexibility index (Phi) is 3.66. The fourth-order valence-electron chi connectivity index (χ4n) is 1.36. The Labute approximate surface area is 110 Å². The van der Waals surface area contributed by atoms with Crippen LogP contribution in [0.5, 0.6) is 0 Å². The molecule has 0 radical (unpaired) electrons. The van der Waals surface area contributed by atoms with Crippen molar-refractivity contribution in [3.63, 3.8) is 0 Å². The van der Waals surface area contributed by atoms with Gasteiger partial charge in [0.25, 0.3) is 0 Å². The first-order valence-electron chi connectivity index (χ1n) is 4.52. The maximum Gasteiger partial charge on any atom is 0.161 e. The van der Waals surface area contributed by atoms with E-state index in [-0.39, 0.29) is 5.56 Å². The van der Waals surface area contributed by atoms with Crippen molar-refractivity contribution in [2.45, 2.75) is 5.38 Å². The smallest absolute Gasteiger partial charge is 0.161 e. The van der Waals surface area contributed by atoms with Crippen molar-refractivity contribution in [2.75, 3.05) is 0 Å². The molecule has 0 fully saturated rings. The van der Waals surface area contributed by atoms with E-state index >= 15 is 0 Å². The molecule has 90 valence electrons. The van der Waals surface area contributed by atoms with E-state index in [4.69, 9.17) is 23.2 Å². The van der Waals surface area contributed by atoms with Crippen molar-refractivity contribution < 1.29 is 13.2 Å². The lowest BCUT2D eigenvalue weighted by molar-refractivity contribution is 0.490. The SMILES string of the molecule is Fc1cc(F)c(C(Cl)c2sccc2Cl)cc1F. The van der Waals surface area contributed by atoms with Crippen molar-refractivity contribution in [1.82, 2.24) is 0 Å². The molecule has 0 amide bonds. The van der Waals surface area contributed by atoms with Crippen LogP contribution < -0.4 is 0 Å². The first kappa shape index (κ1) is 12.7. The van der Waals surface area contributed by atoms with E-state index in [9.17, 15) is 13.2 Å². The summed E-state index contributed by atoms with van der Waals surface area (Å²) in [5.41, 5.74) is -0.130. The van der Waals surface area contributed by atoms with Crippen LogP contribution in [-0.4, -0.2) is 0 Å². The third kappa shape index (κ3) is 2.44. The fraction of sp³-hybridized carbons (Fsp3) is 0.0909. The lowest BCUT2D eigenvalue weighted by Gasteiger charge is -2.10. The lowest BCUT2D eigenvalue weighted by atomic mass is 10.1. The van der Waals surface area contributed by atoms with Gasteiger partial charge in [0.15, 0.2) is 11.6 Å². The average Bonchev–Trinajstić information content (AvgIpc) is 2.69. The monoisotopic (exact) mass is 296 g/mol. The predicted octanol–water partition coefficient (Wildman–Crippen LogP) is 5.15. The van der Waals surface area contributed by atoms with Gasteiger partial charge in [0.1, 0.15) is 5.82 Å². The van der Waals surface area contributed by atoms with Crippen LogP contribution in [-0.2, 0) is 0 Å². The van der Waals surface area contributed by atoms with Crippen molar-refractivity contribution >= 4 is 34.5 Å². The maximum absolute atomic E-state index is 13.5. The van der Waals surface area contributed by atoms with Crippen molar-refractivity contribution in [3.05, 3.63) is 56.5 Å². The third-order valence-electron chi connectivity index (χ3n) is 2.19. The van der Waals surface area contributed by atoms with E-state index in [1.807, 2.05) is 0 Å². The quantitative estimate of drug-likeness (QED) is 0.531. The molecule has 0 saturated carbocycles. The van der Waals surface area contributed by atoms with Crippen molar-refractivity contribution in [3.8, 4) is 0 Å². The standard InChI is InChI=1S/C11H5Cl2F3S/c12-6-1-2-17-11(6)10(13)5-3-8(15)9(16)4-7(5)14/h1-4,10H. The van der Waals surface area contributed by atoms with E-state index in [0.29, 0.717) is 16.0 Å². The minimum Gasteiger partial charge on any atom is -0.207 e. The number of thiophene rings is 1. The Hall–Kier alpha value is -0.710. The zero-order valence-corrected chi connectivity index (χ0v) is 10.5. The molecule has 1 unspecified atom stereocenters. The molecule has 6 heteroatoms. The van der Waals surface area contributed by atoms with Gasteiger partial charge in [-0.25, -0.2) is 13.2 Å². The lowest BCUT2D eigenvalue weighted by Crippen LogP contribution is -1.99. The number of hydrogen-bond acceptors (Lipinski definition) is 1. The Morgan fingerprint density at radius 2 is 1.71 bits per heavy atom. The molecule has 1 aromatic heterocycles. The maximum atomic E-state index is 13.5. The van der Waals surface area contributed by atoms with E-state index in [2.05, 4.69) is 0 Å². The highest BCUT2D eigenvalue weighted by Crippen LogP contribution is 2.38. The second-order valence-corrected chi connectivity index (χ2v) is 5.07. The first-order valence-corrected chi connectivity index (χ1v) is 6.21. The largest absolute Gasteiger partial charge is 0.207 e. The summed E-state index contributed by atoms with van der Waals surface area (Å²) in [5, 5.41) is 1.13. The van der Waals surface area contributed by atoms with Gasteiger partial charge in [-0.3, -0.25) is 0 Å². The number of alkyl halides is 1. The predicted molar refractivity (Wildman–Crippen MR) is 63.3 cm³/mol. The molecule has 1 aromatic carbocycles. The molecule has 1 atom stereocenters. The van der Waals surface area contributed by atoms with Gasteiger partial charge in [0.05, 0.1) is 10.4 Å². The van der Waals surface area contributed by atoms with Crippen molar-refractivity contribution in [1.29, 1.82) is 0 Å². The Morgan fingerprint density at radius 1 is 1.06 bits per heavy atom. The van der Waals surface area contributed by atoms with Crippen LogP contribution in [0.4, 0.5) is 13.2 Å². The summed E-state index contributed by atoms with van der Waals surface area (Å²) in [7, 11) is 0. The van der Waals surface area contributed by atoms with Gasteiger partial charge in [0, 0.05) is 16.5 Å². The molecule has 1 heterocycles. The highest BCUT2D eigenvalue weighted by atomic mass is 35.5. The van der Waals surface area contributed by atoms with Gasteiger partial charge in [-0.15, -0.1) is 22.9 Å². The third-order valence-corrected chi connectivity index (χ3v) is 4.19. The van der Waals surface area contributed by atoms with Crippen LogP contribution in [0.15, 0.2) is 23.6 Å². The summed E-state index contributed by atoms with van der Waals surface area (Å²) in [4.78, 5) is 0.498. The highest BCUT2D eigenvalue weighted by molar-refractivity contribution is 7.11. The second-order valence-electron chi connectivity index (χ2n) is 3.28. The normalized spacial score (nSPS) is 12.8. The minimum atomic E-state index is -1.24. The summed E-state index contributed by atoms with van der Waals surface area (Å²) >= 11 is 13.1. The number of hydrogen-bond donors (Lipinski definition) is 0. The van der Waals surface area contributed by atoms with E-state index in [1.54, 1.807) is 11.4 Å². The number of rotatable bonds is 2. The molecule has 0 spiro atoms. The van der Waals surface area contributed by atoms with E-state index < -0.39 is 22.8 Å². The van der Waals surface area contributed by atoms with E-state index in [0.717, 1.165) is 6.07 Å². The molecule has 0 aliphatic carbocycles. The highest BCUT2D eigenvalue weighted by Gasteiger charge is 2.21. The van der Waals surface area contributed by atoms with Gasteiger partial charge < -0.3 is 0 Å². The molecule has 2 rings (SSSR count). The van der Waals surface area contributed by atoms with Crippen LogP contribution in [0.2, 0.25) is 5.02 Å². The summed E-state index contributed by atoms with van der Waals surface area (Å²) < 4.78 is 39.3. The molecule has 0 aliphatic rings. The van der Waals surface area contributed by atoms with Gasteiger partial charge in [-0.2, -0.15) is 0 Å². The first-order chi connectivity index (χ1) is 8.00. The van der Waals surface area contributed by atoms with Crippen LogP contribution in [0.25, 0.3) is 0 Å². The molecule has 17 heavy (non-hydrogen) atoms. The average molecular weight is 297 g/mol. The van der Waals surface area contributed by atoms with Crippen LogP contribution in [0.1, 0.15) is 15.8 Å². The molecule has 0 bridgehead atoms. The topological polar surface area (TPSA) is 0 Å². The Balaban J connectivity index is 2.48. The molecule has 2 aromatic rings. The van der Waals surface area contributed by atoms with Crippen LogP contribution in [0, 0.1) is 17.5 Å². The minimum absolute atomic E-state index is 0.130. The van der Waals surface area contributed by atoms with Gasteiger partial charge >= 0.3 is 0 Å². The fourth-order valence-corrected chi connectivity index (χ4v) is 3.01. The zero-order valence-electron chi connectivity index (χ0n) is 8.18. The van der Waals surface area contributed by atoms with Crippen LogP contribution in [0.3, 0.4) is 0 Å². The van der Waals surface area contributed by atoms with Gasteiger partial charge in [-0.1, -0.05) is 11.6 Å². The summed E-state index contributed by atoms with van der Waals surface area (Å²) in [6.07, 6.45) is 0. The summed E-state index contributed by atoms with van der Waals surface area (Å²) in [5.74, 6) is -3.28. The van der Waals surface area contributed by atoms with Crippen molar-refractivity contribution in [2.24, 2.45) is 0 Å². The molecule has 0 nitrogen and oxygen atoms in total. The molecule has 0 saturated heterocycles. The molecular formula is C11H5Cl2F3S. The Morgan fingerprint density at radius 3 is 2.29 bits per heavy atom. The second kappa shape index (κ2) is 4.88. The van der Waals surface area contributed by atoms with E-state index in [1.165, 1.54) is 11.3 Å². The number of halogens is 5.